The van der Waals surface area contributed by atoms with Gasteiger partial charge in [-0.05, 0) is 134 Å². The highest BCUT2D eigenvalue weighted by Gasteiger charge is 2.60. The fraction of sp³-hybridized carbons (Fsp3) is 0.842. The van der Waals surface area contributed by atoms with Gasteiger partial charge in [-0.15, -0.1) is 0 Å². The Balaban J connectivity index is 0.000000714. The number of hydrogen-bond acceptors (Lipinski definition) is 3. The number of fused-ring (bicyclic) bond motifs is 5. The van der Waals surface area contributed by atoms with Gasteiger partial charge in [-0.25, -0.2) is 0 Å². The minimum Gasteiger partial charge on any atom is -0.488 e. The second-order valence-corrected chi connectivity index (χ2v) is 16.3. The third kappa shape index (κ3) is 7.06. The summed E-state index contributed by atoms with van der Waals surface area (Å²) < 4.78 is 6.46. The lowest BCUT2D eigenvalue weighted by atomic mass is 9.44. The molecule has 3 heteroatoms. The van der Waals surface area contributed by atoms with Crippen molar-refractivity contribution in [1.82, 2.24) is 0 Å². The molecule has 234 valence electrons. The lowest BCUT2D eigenvalue weighted by Crippen LogP contribution is -2.54. The molecule has 4 aliphatic rings. The summed E-state index contributed by atoms with van der Waals surface area (Å²) in [6, 6.07) is 5.69. The average Bonchev–Trinajstić information content (AvgIpc) is 3.28. The van der Waals surface area contributed by atoms with Crippen molar-refractivity contribution in [2.45, 2.75) is 145 Å². The van der Waals surface area contributed by atoms with Gasteiger partial charge in [-0.2, -0.15) is 0 Å². The molecule has 0 radical (unpaired) electrons. The molecule has 0 aromatic heterocycles. The van der Waals surface area contributed by atoms with E-state index in [4.69, 9.17) is 16.2 Å². The summed E-state index contributed by atoms with van der Waals surface area (Å²) in [4.78, 5) is 0. The van der Waals surface area contributed by atoms with Crippen LogP contribution in [0.5, 0.6) is 5.75 Å². The van der Waals surface area contributed by atoms with Gasteiger partial charge < -0.3 is 16.2 Å². The van der Waals surface area contributed by atoms with Crippen LogP contribution in [0.4, 0.5) is 11.4 Å². The molecule has 0 saturated heterocycles. The van der Waals surface area contributed by atoms with Gasteiger partial charge in [0.2, 0.25) is 0 Å². The van der Waals surface area contributed by atoms with Gasteiger partial charge >= 0.3 is 0 Å². The summed E-state index contributed by atoms with van der Waals surface area (Å²) in [6.07, 6.45) is 18.3. The van der Waals surface area contributed by atoms with Crippen molar-refractivity contribution in [2.24, 2.45) is 58.2 Å². The number of rotatable bonds is 8. The summed E-state index contributed by atoms with van der Waals surface area (Å²) in [5.74, 6) is 8.05. The molecule has 4 fully saturated rings. The third-order valence-electron chi connectivity index (χ3n) is 13.0. The second kappa shape index (κ2) is 13.5. The molecule has 0 heterocycles. The van der Waals surface area contributed by atoms with E-state index in [1.165, 1.54) is 77.0 Å². The zero-order valence-electron chi connectivity index (χ0n) is 28.2. The Morgan fingerprint density at radius 1 is 0.829 bits per heavy atom. The molecular weight excluding hydrogens is 500 g/mol. The van der Waals surface area contributed by atoms with Gasteiger partial charge in [-0.3, -0.25) is 0 Å². The second-order valence-electron chi connectivity index (χ2n) is 16.3. The van der Waals surface area contributed by atoms with E-state index >= 15 is 0 Å². The van der Waals surface area contributed by atoms with E-state index in [1.807, 2.05) is 18.2 Å². The maximum atomic E-state index is 6.46. The normalized spacial score (nSPS) is 37.0. The van der Waals surface area contributed by atoms with Gasteiger partial charge in [-0.1, -0.05) is 81.1 Å². The van der Waals surface area contributed by atoms with Crippen molar-refractivity contribution in [2.75, 3.05) is 11.5 Å². The highest BCUT2D eigenvalue weighted by atomic mass is 16.5. The molecule has 3 nitrogen and oxygen atoms in total. The summed E-state index contributed by atoms with van der Waals surface area (Å²) in [5, 5.41) is 0. The van der Waals surface area contributed by atoms with Gasteiger partial charge in [0.25, 0.3) is 0 Å². The van der Waals surface area contributed by atoms with E-state index in [-0.39, 0.29) is 0 Å². The van der Waals surface area contributed by atoms with E-state index in [9.17, 15) is 0 Å². The first-order valence-electron chi connectivity index (χ1n) is 17.7. The van der Waals surface area contributed by atoms with Crippen LogP contribution >= 0.6 is 0 Å². The molecule has 9 atom stereocenters. The minimum absolute atomic E-state index is 0.293. The first-order valence-corrected chi connectivity index (χ1v) is 17.7. The molecule has 9 unspecified atom stereocenters. The molecule has 1 aromatic carbocycles. The van der Waals surface area contributed by atoms with E-state index < -0.39 is 0 Å². The van der Waals surface area contributed by atoms with Crippen LogP contribution in [0.3, 0.4) is 0 Å². The fourth-order valence-electron chi connectivity index (χ4n) is 10.2. The number of benzene rings is 1. The molecule has 0 bridgehead atoms. The van der Waals surface area contributed by atoms with Crippen molar-refractivity contribution < 1.29 is 4.74 Å². The van der Waals surface area contributed by atoms with Crippen LogP contribution in [-0.2, 0) is 0 Å². The number of anilines is 2. The van der Waals surface area contributed by atoms with E-state index in [1.54, 1.807) is 0 Å². The molecular formula is C38H66N2O. The molecule has 0 amide bonds. The predicted octanol–water partition coefficient (Wildman–Crippen LogP) is 10.8. The van der Waals surface area contributed by atoms with E-state index in [0.717, 1.165) is 59.5 Å². The van der Waals surface area contributed by atoms with Gasteiger partial charge in [0.05, 0.1) is 11.8 Å². The van der Waals surface area contributed by atoms with Crippen LogP contribution in [0.2, 0.25) is 0 Å². The first-order chi connectivity index (χ1) is 19.4. The smallest absolute Gasteiger partial charge is 0.142 e. The Kier molecular flexibility index (Phi) is 10.7. The quantitative estimate of drug-likeness (QED) is 0.308. The predicted molar refractivity (Wildman–Crippen MR) is 178 cm³/mol. The van der Waals surface area contributed by atoms with Crippen molar-refractivity contribution >= 4 is 11.4 Å². The Bertz CT molecular complexity index is 973. The molecule has 0 aliphatic heterocycles. The highest BCUT2D eigenvalue weighted by Crippen LogP contribution is 2.68. The van der Waals surface area contributed by atoms with Crippen LogP contribution < -0.4 is 16.2 Å². The summed E-state index contributed by atoms with van der Waals surface area (Å²) in [5.41, 5.74) is 14.6. The average molecular weight is 567 g/mol. The topological polar surface area (TPSA) is 61.3 Å². The van der Waals surface area contributed by atoms with Crippen LogP contribution in [0, 0.1) is 58.2 Å². The van der Waals surface area contributed by atoms with Crippen molar-refractivity contribution in [1.29, 1.82) is 0 Å². The number of nitrogen functional groups attached to an aromatic ring is 2. The van der Waals surface area contributed by atoms with Crippen LogP contribution in [0.25, 0.3) is 0 Å². The molecule has 5 rings (SSSR count). The van der Waals surface area contributed by atoms with E-state index in [2.05, 4.69) is 55.4 Å². The molecule has 0 spiro atoms. The number of ether oxygens (including phenoxy) is 1. The standard InChI is InChI=1S/C33H54N2O.C5H12/c1-21(2)7-6-8-22(3)27-12-13-28-26-11-9-23-19-25(36-31-14-10-24(34)20-30(31)35)15-17-32(23,4)29(26)16-18-33(27,28)5;1-4-5(2)3/h10,14,20-23,25-29H,6-9,11-13,15-19,34-35H2,1-5H3;5H,4H2,1-3H3. The fourth-order valence-corrected chi connectivity index (χ4v) is 10.2. The molecule has 4 saturated carbocycles. The van der Waals surface area contributed by atoms with Crippen molar-refractivity contribution in [3.05, 3.63) is 18.2 Å². The molecule has 4 N–H and O–H groups in total. The molecule has 4 aliphatic carbocycles. The zero-order chi connectivity index (χ0) is 29.9. The maximum Gasteiger partial charge on any atom is 0.142 e. The van der Waals surface area contributed by atoms with Gasteiger partial charge in [0.1, 0.15) is 5.75 Å². The summed E-state index contributed by atoms with van der Waals surface area (Å²) >= 11 is 0. The molecule has 1 aromatic rings. The summed E-state index contributed by atoms with van der Waals surface area (Å²) in [6.45, 7) is 19.4. The van der Waals surface area contributed by atoms with E-state index in [0.29, 0.717) is 28.3 Å². The Hall–Kier alpha value is -1.38. The lowest BCUT2D eigenvalue weighted by Gasteiger charge is -2.61. The highest BCUT2D eigenvalue weighted by molar-refractivity contribution is 5.60. The number of nitrogens with two attached hydrogens (primary N) is 2. The SMILES string of the molecule is CC(C)CCCC(C)C1CCC2C3CCC4CC(Oc5ccc(N)cc5N)CCC4(C)C3CCC12C.CCC(C)C. The van der Waals surface area contributed by atoms with Crippen molar-refractivity contribution in [3.8, 4) is 5.75 Å². The zero-order valence-corrected chi connectivity index (χ0v) is 28.2. The first kappa shape index (κ1) is 32.5. The largest absolute Gasteiger partial charge is 0.488 e. The van der Waals surface area contributed by atoms with Gasteiger partial charge in [0, 0.05) is 5.69 Å². The van der Waals surface area contributed by atoms with Gasteiger partial charge in [0.15, 0.2) is 0 Å². The Morgan fingerprint density at radius 3 is 2.17 bits per heavy atom. The monoisotopic (exact) mass is 567 g/mol. The lowest BCUT2D eigenvalue weighted by molar-refractivity contribution is -0.126. The Labute approximate surface area is 254 Å². The van der Waals surface area contributed by atoms with Crippen LogP contribution in [-0.4, -0.2) is 6.10 Å². The Morgan fingerprint density at radius 2 is 1.51 bits per heavy atom. The van der Waals surface area contributed by atoms with Crippen LogP contribution in [0.15, 0.2) is 18.2 Å². The maximum absolute atomic E-state index is 6.46. The third-order valence-corrected chi connectivity index (χ3v) is 13.0. The summed E-state index contributed by atoms with van der Waals surface area (Å²) in [7, 11) is 0. The molecule has 41 heavy (non-hydrogen) atoms. The number of hydrogen-bond donors (Lipinski definition) is 2. The van der Waals surface area contributed by atoms with Crippen molar-refractivity contribution in [3.63, 3.8) is 0 Å². The van der Waals surface area contributed by atoms with Crippen LogP contribution in [0.1, 0.15) is 139 Å². The minimum atomic E-state index is 0.293.